The molecule has 0 aromatic heterocycles. The van der Waals surface area contributed by atoms with Crippen molar-refractivity contribution >= 4 is 17.8 Å². The molecule has 0 radical (unpaired) electrons. The second-order valence-corrected chi connectivity index (χ2v) is 5.52. The third-order valence-corrected chi connectivity index (χ3v) is 4.18. The fourth-order valence-electron chi connectivity index (χ4n) is 2.89. The lowest BCUT2D eigenvalue weighted by Crippen LogP contribution is -2.49. The number of carbonyl (C=O) groups is 3. The quantitative estimate of drug-likeness (QED) is 0.688. The largest absolute Gasteiger partial charge is 0.481 e. The summed E-state index contributed by atoms with van der Waals surface area (Å²) in [6, 6.07) is -0.498. The van der Waals surface area contributed by atoms with E-state index >= 15 is 0 Å². The molecule has 1 atom stereocenters. The molecule has 1 aliphatic carbocycles. The lowest BCUT2D eigenvalue weighted by Gasteiger charge is -2.33. The standard InChI is InChI=1S/C13H20N2O4/c16-10-5-4-9(15-10)11(17)14-8-13(12(18)19)6-2-1-3-7-13/h9H,1-8H2,(H,14,17)(H,15,16)(H,18,19). The SMILES string of the molecule is O=C1CCC(C(=O)NCC2(C(=O)O)CCCCC2)N1. The van der Waals surface area contributed by atoms with Crippen LogP contribution < -0.4 is 10.6 Å². The summed E-state index contributed by atoms with van der Waals surface area (Å²) in [4.78, 5) is 34.4. The van der Waals surface area contributed by atoms with Crippen molar-refractivity contribution in [1.82, 2.24) is 10.6 Å². The first-order chi connectivity index (χ1) is 9.03. The highest BCUT2D eigenvalue weighted by molar-refractivity contribution is 5.91. The number of hydrogen-bond donors (Lipinski definition) is 3. The van der Waals surface area contributed by atoms with Crippen molar-refractivity contribution in [3.63, 3.8) is 0 Å². The second kappa shape index (κ2) is 5.59. The second-order valence-electron chi connectivity index (χ2n) is 5.52. The van der Waals surface area contributed by atoms with Gasteiger partial charge < -0.3 is 15.7 Å². The summed E-state index contributed by atoms with van der Waals surface area (Å²) >= 11 is 0. The molecule has 1 heterocycles. The zero-order chi connectivity index (χ0) is 13.9. The number of aliphatic carboxylic acids is 1. The van der Waals surface area contributed by atoms with Gasteiger partial charge in [0.15, 0.2) is 0 Å². The molecule has 3 N–H and O–H groups in total. The van der Waals surface area contributed by atoms with Crippen LogP contribution in [0.15, 0.2) is 0 Å². The summed E-state index contributed by atoms with van der Waals surface area (Å²) < 4.78 is 0. The molecule has 1 unspecified atom stereocenters. The summed E-state index contributed by atoms with van der Waals surface area (Å²) in [7, 11) is 0. The minimum atomic E-state index is -0.831. The fourth-order valence-corrected chi connectivity index (χ4v) is 2.89. The Balaban J connectivity index is 1.90. The normalized spacial score (nSPS) is 25.7. The summed E-state index contributed by atoms with van der Waals surface area (Å²) in [6.07, 6.45) is 4.92. The van der Waals surface area contributed by atoms with E-state index in [2.05, 4.69) is 10.6 Å². The van der Waals surface area contributed by atoms with Crippen LogP contribution >= 0.6 is 0 Å². The number of hydrogen-bond acceptors (Lipinski definition) is 3. The van der Waals surface area contributed by atoms with Crippen LogP contribution in [0.1, 0.15) is 44.9 Å². The van der Waals surface area contributed by atoms with Gasteiger partial charge in [-0.3, -0.25) is 14.4 Å². The van der Waals surface area contributed by atoms with Crippen LogP contribution in [0.25, 0.3) is 0 Å². The van der Waals surface area contributed by atoms with Gasteiger partial charge in [0.2, 0.25) is 11.8 Å². The summed E-state index contributed by atoms with van der Waals surface area (Å²) in [5.74, 6) is -1.22. The Morgan fingerprint density at radius 3 is 2.53 bits per heavy atom. The van der Waals surface area contributed by atoms with Crippen LogP contribution in [-0.2, 0) is 14.4 Å². The van der Waals surface area contributed by atoms with E-state index in [1.165, 1.54) is 0 Å². The van der Waals surface area contributed by atoms with Crippen molar-refractivity contribution < 1.29 is 19.5 Å². The third kappa shape index (κ3) is 3.05. The molecule has 1 saturated heterocycles. The van der Waals surface area contributed by atoms with Crippen molar-refractivity contribution in [2.75, 3.05) is 6.54 Å². The Morgan fingerprint density at radius 1 is 1.32 bits per heavy atom. The monoisotopic (exact) mass is 268 g/mol. The molecule has 0 bridgehead atoms. The molecule has 2 amide bonds. The first kappa shape index (κ1) is 13.8. The molecular formula is C13H20N2O4. The maximum absolute atomic E-state index is 11.9. The molecule has 0 aromatic carbocycles. The number of carbonyl (C=O) groups excluding carboxylic acids is 2. The predicted molar refractivity (Wildman–Crippen MR) is 67.3 cm³/mol. The van der Waals surface area contributed by atoms with Gasteiger partial charge in [0.05, 0.1) is 5.41 Å². The molecule has 2 aliphatic rings. The number of carboxylic acids is 1. The highest BCUT2D eigenvalue weighted by Gasteiger charge is 2.40. The highest BCUT2D eigenvalue weighted by atomic mass is 16.4. The van der Waals surface area contributed by atoms with Crippen LogP contribution in [-0.4, -0.2) is 35.5 Å². The highest BCUT2D eigenvalue weighted by Crippen LogP contribution is 2.36. The van der Waals surface area contributed by atoms with Crippen molar-refractivity contribution in [1.29, 1.82) is 0 Å². The number of nitrogens with one attached hydrogen (secondary N) is 2. The zero-order valence-corrected chi connectivity index (χ0v) is 10.9. The van der Waals surface area contributed by atoms with Crippen LogP contribution in [0.2, 0.25) is 0 Å². The topological polar surface area (TPSA) is 95.5 Å². The summed E-state index contributed by atoms with van der Waals surface area (Å²) in [5, 5.41) is 14.7. The molecule has 0 aromatic rings. The maximum Gasteiger partial charge on any atom is 0.311 e. The van der Waals surface area contributed by atoms with Gasteiger partial charge in [-0.2, -0.15) is 0 Å². The van der Waals surface area contributed by atoms with Gasteiger partial charge in [-0.15, -0.1) is 0 Å². The Bertz CT molecular complexity index is 388. The Labute approximate surface area is 111 Å². The lowest BCUT2D eigenvalue weighted by molar-refractivity contribution is -0.151. The number of amides is 2. The van der Waals surface area contributed by atoms with Crippen molar-refractivity contribution in [3.8, 4) is 0 Å². The van der Waals surface area contributed by atoms with Crippen molar-refractivity contribution in [2.24, 2.45) is 5.41 Å². The van der Waals surface area contributed by atoms with Crippen LogP contribution in [0.3, 0.4) is 0 Å². The molecule has 2 rings (SSSR count). The summed E-state index contributed by atoms with van der Waals surface area (Å²) in [5.41, 5.74) is -0.823. The molecular weight excluding hydrogens is 248 g/mol. The van der Waals surface area contributed by atoms with Gasteiger partial charge in [0.1, 0.15) is 6.04 Å². The van der Waals surface area contributed by atoms with Gasteiger partial charge in [-0.05, 0) is 19.3 Å². The smallest absolute Gasteiger partial charge is 0.311 e. The van der Waals surface area contributed by atoms with Crippen LogP contribution in [0, 0.1) is 5.41 Å². The molecule has 0 spiro atoms. The molecule has 2 fully saturated rings. The third-order valence-electron chi connectivity index (χ3n) is 4.18. The van der Waals surface area contributed by atoms with Gasteiger partial charge in [-0.25, -0.2) is 0 Å². The van der Waals surface area contributed by atoms with Crippen molar-refractivity contribution in [3.05, 3.63) is 0 Å². The molecule has 1 aliphatic heterocycles. The molecule has 6 nitrogen and oxygen atoms in total. The number of rotatable bonds is 4. The van der Waals surface area contributed by atoms with E-state index in [0.717, 1.165) is 19.3 Å². The zero-order valence-electron chi connectivity index (χ0n) is 10.9. The first-order valence-electron chi connectivity index (χ1n) is 6.84. The van der Waals surface area contributed by atoms with E-state index < -0.39 is 17.4 Å². The van der Waals surface area contributed by atoms with E-state index in [9.17, 15) is 19.5 Å². The van der Waals surface area contributed by atoms with Crippen LogP contribution in [0.4, 0.5) is 0 Å². The average Bonchev–Trinajstić information content (AvgIpc) is 2.83. The fraction of sp³-hybridized carbons (Fsp3) is 0.769. The van der Waals surface area contributed by atoms with Crippen LogP contribution in [0.5, 0.6) is 0 Å². The number of carboxylic acid groups (broad SMARTS) is 1. The van der Waals surface area contributed by atoms with Gasteiger partial charge in [0, 0.05) is 13.0 Å². The minimum absolute atomic E-state index is 0.120. The van der Waals surface area contributed by atoms with Crippen molar-refractivity contribution in [2.45, 2.75) is 51.0 Å². The summed E-state index contributed by atoms with van der Waals surface area (Å²) in [6.45, 7) is 0.160. The van der Waals surface area contributed by atoms with E-state index in [1.54, 1.807) is 0 Å². The Kier molecular flexibility index (Phi) is 4.07. The predicted octanol–water partition coefficient (Wildman–Crippen LogP) is 0.416. The van der Waals surface area contributed by atoms with E-state index in [4.69, 9.17) is 0 Å². The van der Waals surface area contributed by atoms with E-state index in [1.807, 2.05) is 0 Å². The van der Waals surface area contributed by atoms with E-state index in [0.29, 0.717) is 25.7 Å². The maximum atomic E-state index is 11.9. The Morgan fingerprint density at radius 2 is 2.00 bits per heavy atom. The van der Waals surface area contributed by atoms with E-state index in [-0.39, 0.29) is 18.4 Å². The first-order valence-corrected chi connectivity index (χ1v) is 6.84. The average molecular weight is 268 g/mol. The molecule has 1 saturated carbocycles. The van der Waals surface area contributed by atoms with Gasteiger partial charge in [-0.1, -0.05) is 19.3 Å². The Hall–Kier alpha value is -1.59. The molecule has 6 heteroatoms. The molecule has 106 valence electrons. The minimum Gasteiger partial charge on any atom is -0.481 e. The van der Waals surface area contributed by atoms with Gasteiger partial charge in [0.25, 0.3) is 0 Å². The molecule has 19 heavy (non-hydrogen) atoms. The lowest BCUT2D eigenvalue weighted by atomic mass is 9.74. The van der Waals surface area contributed by atoms with Gasteiger partial charge >= 0.3 is 5.97 Å².